The van der Waals surface area contributed by atoms with Crippen molar-refractivity contribution in [3.63, 3.8) is 0 Å². The first-order chi connectivity index (χ1) is 15.1. The Morgan fingerprint density at radius 3 is 1.81 bits per heavy atom. The molecule has 1 amide bonds. The van der Waals surface area contributed by atoms with Crippen LogP contribution >= 0.6 is 11.8 Å². The number of para-hydroxylation sites is 1. The Bertz CT molecular complexity index is 1120. The molecule has 4 nitrogen and oxygen atoms in total. The number of anilines is 1. The highest BCUT2D eigenvalue weighted by Gasteiger charge is 2.12. The number of amides is 1. The number of thioether (sulfide) groups is 1. The van der Waals surface area contributed by atoms with Crippen LogP contribution in [0.15, 0.2) is 90.1 Å². The molecule has 0 saturated carbocycles. The average molecular weight is 426 g/mol. The van der Waals surface area contributed by atoms with E-state index in [2.05, 4.69) is 5.32 Å². The molecule has 0 aliphatic rings. The highest BCUT2D eigenvalue weighted by Crippen LogP contribution is 2.27. The zero-order valence-electron chi connectivity index (χ0n) is 17.5. The summed E-state index contributed by atoms with van der Waals surface area (Å²) in [5.74, 6) is 0.164. The zero-order chi connectivity index (χ0) is 21.6. The minimum absolute atomic E-state index is 0.0719. The van der Waals surface area contributed by atoms with E-state index in [0.717, 1.165) is 39.3 Å². The largest absolute Gasteiger partial charge is 0.325 e. The minimum atomic E-state index is -0.0719. The lowest BCUT2D eigenvalue weighted by atomic mass is 10.1. The van der Waals surface area contributed by atoms with Crippen molar-refractivity contribution in [2.45, 2.75) is 19.0 Å². The number of nitrogens with zero attached hydrogens (tertiary/aromatic N) is 2. The SMILES string of the molecule is Cc1cccc(C)c1NC(=O)CSc1nc(-c2ccccc2)cc(-c2ccccc2)n1. The van der Waals surface area contributed by atoms with Gasteiger partial charge in [0.1, 0.15) is 0 Å². The van der Waals surface area contributed by atoms with E-state index >= 15 is 0 Å². The Balaban J connectivity index is 1.58. The predicted molar refractivity (Wildman–Crippen MR) is 128 cm³/mol. The second-order valence-electron chi connectivity index (χ2n) is 7.26. The molecule has 4 aromatic rings. The van der Waals surface area contributed by atoms with Crippen molar-refractivity contribution in [3.8, 4) is 22.5 Å². The fourth-order valence-electron chi connectivity index (χ4n) is 3.32. The highest BCUT2D eigenvalue weighted by molar-refractivity contribution is 7.99. The second-order valence-corrected chi connectivity index (χ2v) is 8.20. The quantitative estimate of drug-likeness (QED) is 0.297. The standard InChI is InChI=1S/C26H23N3OS/c1-18-10-9-11-19(2)25(18)29-24(30)17-31-26-27-22(20-12-5-3-6-13-20)16-23(28-26)21-14-7-4-8-15-21/h3-16H,17H2,1-2H3,(H,29,30). The number of rotatable bonds is 6. The maximum Gasteiger partial charge on any atom is 0.234 e. The summed E-state index contributed by atoms with van der Waals surface area (Å²) in [6.07, 6.45) is 0. The summed E-state index contributed by atoms with van der Waals surface area (Å²) in [7, 11) is 0. The van der Waals surface area contributed by atoms with Gasteiger partial charge in [-0.3, -0.25) is 4.79 Å². The van der Waals surface area contributed by atoms with Crippen molar-refractivity contribution >= 4 is 23.4 Å². The van der Waals surface area contributed by atoms with E-state index in [1.165, 1.54) is 11.8 Å². The molecule has 0 bridgehead atoms. The number of hydrogen-bond donors (Lipinski definition) is 1. The Hall–Kier alpha value is -3.44. The molecular formula is C26H23N3OS. The fraction of sp³-hybridized carbons (Fsp3) is 0.115. The predicted octanol–water partition coefficient (Wildman–Crippen LogP) is 6.16. The smallest absolute Gasteiger partial charge is 0.234 e. The number of carbonyl (C=O) groups excluding carboxylic acids is 1. The maximum absolute atomic E-state index is 12.6. The van der Waals surface area contributed by atoms with E-state index in [1.807, 2.05) is 98.8 Å². The van der Waals surface area contributed by atoms with Crippen molar-refractivity contribution in [3.05, 3.63) is 96.1 Å². The summed E-state index contributed by atoms with van der Waals surface area (Å²) in [6.45, 7) is 3.99. The second kappa shape index (κ2) is 9.58. The van der Waals surface area contributed by atoms with Crippen LogP contribution in [0.4, 0.5) is 5.69 Å². The number of hydrogen-bond acceptors (Lipinski definition) is 4. The lowest BCUT2D eigenvalue weighted by Crippen LogP contribution is -2.16. The maximum atomic E-state index is 12.6. The van der Waals surface area contributed by atoms with Crippen LogP contribution in [0.3, 0.4) is 0 Å². The lowest BCUT2D eigenvalue weighted by molar-refractivity contribution is -0.113. The van der Waals surface area contributed by atoms with E-state index in [9.17, 15) is 4.79 Å². The van der Waals surface area contributed by atoms with Crippen molar-refractivity contribution < 1.29 is 4.79 Å². The molecule has 3 aromatic carbocycles. The first kappa shape index (κ1) is 20.8. The van der Waals surface area contributed by atoms with Crippen LogP contribution in [0.1, 0.15) is 11.1 Å². The molecule has 0 saturated heterocycles. The van der Waals surface area contributed by atoms with Crippen LogP contribution in [0, 0.1) is 13.8 Å². The van der Waals surface area contributed by atoms with Crippen LogP contribution in [-0.4, -0.2) is 21.6 Å². The molecule has 0 aliphatic carbocycles. The molecule has 4 rings (SSSR count). The van der Waals surface area contributed by atoms with Gasteiger partial charge in [-0.2, -0.15) is 0 Å². The molecular weight excluding hydrogens is 402 g/mol. The topological polar surface area (TPSA) is 54.9 Å². The molecule has 0 aliphatic heterocycles. The lowest BCUT2D eigenvalue weighted by Gasteiger charge is -2.12. The van der Waals surface area contributed by atoms with Gasteiger partial charge in [0.25, 0.3) is 0 Å². The average Bonchev–Trinajstić information content (AvgIpc) is 2.81. The molecule has 0 fully saturated rings. The summed E-state index contributed by atoms with van der Waals surface area (Å²) >= 11 is 1.34. The fourth-order valence-corrected chi connectivity index (χ4v) is 3.98. The van der Waals surface area contributed by atoms with Crippen LogP contribution < -0.4 is 5.32 Å². The van der Waals surface area contributed by atoms with E-state index in [0.29, 0.717) is 5.16 Å². The molecule has 1 aromatic heterocycles. The van der Waals surface area contributed by atoms with Gasteiger partial charge in [-0.05, 0) is 31.0 Å². The van der Waals surface area contributed by atoms with Crippen LogP contribution in [0.2, 0.25) is 0 Å². The molecule has 0 spiro atoms. The third-order valence-corrected chi connectivity index (χ3v) is 5.77. The normalized spacial score (nSPS) is 10.6. The first-order valence-electron chi connectivity index (χ1n) is 10.1. The molecule has 31 heavy (non-hydrogen) atoms. The number of nitrogens with one attached hydrogen (secondary N) is 1. The van der Waals surface area contributed by atoms with Crippen molar-refractivity contribution in [2.75, 3.05) is 11.1 Å². The summed E-state index contributed by atoms with van der Waals surface area (Å²) in [5, 5.41) is 3.61. The van der Waals surface area contributed by atoms with Crippen molar-refractivity contribution in [1.29, 1.82) is 0 Å². The molecule has 1 heterocycles. The van der Waals surface area contributed by atoms with Gasteiger partial charge in [0.2, 0.25) is 5.91 Å². The molecule has 0 unspecified atom stereocenters. The molecule has 154 valence electrons. The van der Waals surface area contributed by atoms with E-state index < -0.39 is 0 Å². The van der Waals surface area contributed by atoms with Gasteiger partial charge >= 0.3 is 0 Å². The van der Waals surface area contributed by atoms with E-state index in [1.54, 1.807) is 0 Å². The Kier molecular flexibility index (Phi) is 6.43. The third-order valence-electron chi connectivity index (χ3n) is 4.92. The number of benzene rings is 3. The number of aromatic nitrogens is 2. The Labute approximate surface area is 186 Å². The van der Waals surface area contributed by atoms with Gasteiger partial charge in [-0.15, -0.1) is 0 Å². The monoisotopic (exact) mass is 425 g/mol. The summed E-state index contributed by atoms with van der Waals surface area (Å²) in [6, 6.07) is 28.0. The summed E-state index contributed by atoms with van der Waals surface area (Å²) in [4.78, 5) is 22.0. The number of aryl methyl sites for hydroxylation is 2. The zero-order valence-corrected chi connectivity index (χ0v) is 18.3. The van der Waals surface area contributed by atoms with Gasteiger partial charge in [0.15, 0.2) is 5.16 Å². The first-order valence-corrected chi connectivity index (χ1v) is 11.1. The minimum Gasteiger partial charge on any atom is -0.325 e. The van der Waals surface area contributed by atoms with Gasteiger partial charge in [0, 0.05) is 16.8 Å². The Morgan fingerprint density at radius 2 is 1.29 bits per heavy atom. The highest BCUT2D eigenvalue weighted by atomic mass is 32.2. The molecule has 5 heteroatoms. The molecule has 0 atom stereocenters. The van der Waals surface area contributed by atoms with Crippen LogP contribution in [0.25, 0.3) is 22.5 Å². The van der Waals surface area contributed by atoms with Crippen molar-refractivity contribution in [1.82, 2.24) is 9.97 Å². The van der Waals surface area contributed by atoms with E-state index in [-0.39, 0.29) is 11.7 Å². The number of carbonyl (C=O) groups is 1. The van der Waals surface area contributed by atoms with Crippen molar-refractivity contribution in [2.24, 2.45) is 0 Å². The third kappa shape index (κ3) is 5.19. The van der Waals surface area contributed by atoms with Gasteiger partial charge < -0.3 is 5.32 Å². The van der Waals surface area contributed by atoms with Crippen LogP contribution in [0.5, 0.6) is 0 Å². The van der Waals surface area contributed by atoms with Gasteiger partial charge in [-0.1, -0.05) is 90.6 Å². The van der Waals surface area contributed by atoms with E-state index in [4.69, 9.17) is 9.97 Å². The van der Waals surface area contributed by atoms with Crippen LogP contribution in [-0.2, 0) is 4.79 Å². The summed E-state index contributed by atoms with van der Waals surface area (Å²) < 4.78 is 0. The van der Waals surface area contributed by atoms with Gasteiger partial charge in [0.05, 0.1) is 17.1 Å². The van der Waals surface area contributed by atoms with Gasteiger partial charge in [-0.25, -0.2) is 9.97 Å². The molecule has 0 radical (unpaired) electrons. The molecule has 1 N–H and O–H groups in total. The summed E-state index contributed by atoms with van der Waals surface area (Å²) in [5.41, 5.74) is 6.68. The Morgan fingerprint density at radius 1 is 0.774 bits per heavy atom.